The molecule has 1 aromatic heterocycles. The summed E-state index contributed by atoms with van der Waals surface area (Å²) >= 11 is 7.56. The first-order valence-corrected chi connectivity index (χ1v) is 12.6. The fourth-order valence-corrected chi connectivity index (χ4v) is 7.46. The number of nitrogens with zero attached hydrogens (tertiary/aromatic N) is 3. The highest BCUT2D eigenvalue weighted by molar-refractivity contribution is 7.21. The van der Waals surface area contributed by atoms with E-state index in [4.69, 9.17) is 11.6 Å². The second kappa shape index (κ2) is 8.81. The Hall–Kier alpha value is -2.72. The van der Waals surface area contributed by atoms with Gasteiger partial charge in [-0.2, -0.15) is 0 Å². The van der Waals surface area contributed by atoms with Gasteiger partial charge in [-0.05, 0) is 43.6 Å². The quantitative estimate of drug-likeness (QED) is 0.497. The third-order valence-corrected chi connectivity index (χ3v) is 9.33. The van der Waals surface area contributed by atoms with Crippen LogP contribution in [0.3, 0.4) is 0 Å². The van der Waals surface area contributed by atoms with Crippen molar-refractivity contribution in [3.05, 3.63) is 38.2 Å². The number of aliphatic carboxylic acids is 1. The van der Waals surface area contributed by atoms with Crippen LogP contribution < -0.4 is 0 Å². The molecule has 1 saturated heterocycles. The lowest BCUT2D eigenvalue weighted by Gasteiger charge is -2.48. The van der Waals surface area contributed by atoms with Gasteiger partial charge in [0.1, 0.15) is 4.88 Å². The number of carboxylic acids is 1. The van der Waals surface area contributed by atoms with Crippen LogP contribution in [0, 0.1) is 33.8 Å². The van der Waals surface area contributed by atoms with Crippen molar-refractivity contribution >= 4 is 56.5 Å². The highest BCUT2D eigenvalue weighted by Crippen LogP contribution is 2.49. The molecule has 9 nitrogen and oxygen atoms in total. The largest absolute Gasteiger partial charge is 0.481 e. The Balaban J connectivity index is 1.28. The van der Waals surface area contributed by atoms with E-state index in [1.54, 1.807) is 15.9 Å². The van der Waals surface area contributed by atoms with Crippen molar-refractivity contribution in [2.24, 2.45) is 23.7 Å². The molecule has 1 aliphatic heterocycles. The summed E-state index contributed by atoms with van der Waals surface area (Å²) in [5.41, 5.74) is -0.0624. The summed E-state index contributed by atoms with van der Waals surface area (Å²) < 4.78 is 0.573. The monoisotopic (exact) mass is 505 g/mol. The molecule has 2 aromatic rings. The van der Waals surface area contributed by atoms with Crippen LogP contribution in [0.25, 0.3) is 10.1 Å². The number of amides is 2. The minimum Gasteiger partial charge on any atom is -0.481 e. The summed E-state index contributed by atoms with van der Waals surface area (Å²) in [5, 5.41) is 21.7. The third kappa shape index (κ3) is 3.82. The van der Waals surface area contributed by atoms with Gasteiger partial charge in [0.2, 0.25) is 5.91 Å². The topological polar surface area (TPSA) is 121 Å². The Bertz CT molecular complexity index is 1180. The van der Waals surface area contributed by atoms with E-state index in [9.17, 15) is 29.6 Å². The van der Waals surface area contributed by atoms with Gasteiger partial charge in [-0.15, -0.1) is 11.3 Å². The number of hydrogen-bond donors (Lipinski definition) is 1. The summed E-state index contributed by atoms with van der Waals surface area (Å²) in [7, 11) is 0. The number of thiophene rings is 1. The van der Waals surface area contributed by atoms with Gasteiger partial charge in [0, 0.05) is 48.4 Å². The Labute approximate surface area is 204 Å². The molecule has 1 aromatic carbocycles. The zero-order chi connectivity index (χ0) is 24.1. The molecule has 0 spiro atoms. The molecule has 180 valence electrons. The minimum absolute atomic E-state index is 0.0624. The van der Waals surface area contributed by atoms with Crippen LogP contribution in [0.1, 0.15) is 35.4 Å². The van der Waals surface area contributed by atoms with Crippen molar-refractivity contribution < 1.29 is 24.4 Å². The van der Waals surface area contributed by atoms with Gasteiger partial charge in [0.05, 0.1) is 21.8 Å². The Morgan fingerprint density at radius 3 is 2.18 bits per heavy atom. The number of benzene rings is 1. The van der Waals surface area contributed by atoms with Crippen LogP contribution in [0.5, 0.6) is 0 Å². The number of halogens is 1. The number of non-ortho nitro benzene ring substituents is 1. The molecule has 2 atom stereocenters. The van der Waals surface area contributed by atoms with Crippen molar-refractivity contribution in [2.75, 3.05) is 26.2 Å². The van der Waals surface area contributed by atoms with E-state index in [0.717, 1.165) is 37.0 Å². The Morgan fingerprint density at radius 2 is 1.59 bits per heavy atom. The molecule has 34 heavy (non-hydrogen) atoms. The summed E-state index contributed by atoms with van der Waals surface area (Å²) in [6.07, 6.45) is 3.58. The van der Waals surface area contributed by atoms with Gasteiger partial charge in [0.15, 0.2) is 0 Å². The second-order valence-electron chi connectivity index (χ2n) is 9.36. The molecule has 2 amide bonds. The number of rotatable bonds is 4. The fourth-order valence-electron chi connectivity index (χ4n) is 5.95. The maximum Gasteiger partial charge on any atom is 0.307 e. The lowest BCUT2D eigenvalue weighted by Crippen LogP contribution is -2.56. The number of hydrogen-bond acceptors (Lipinski definition) is 6. The van der Waals surface area contributed by atoms with E-state index in [0.29, 0.717) is 41.1 Å². The lowest BCUT2D eigenvalue weighted by atomic mass is 9.58. The highest BCUT2D eigenvalue weighted by atomic mass is 35.5. The van der Waals surface area contributed by atoms with Gasteiger partial charge in [-0.25, -0.2) is 0 Å². The van der Waals surface area contributed by atoms with E-state index < -0.39 is 22.7 Å². The summed E-state index contributed by atoms with van der Waals surface area (Å²) in [4.78, 5) is 52.7. The second-order valence-corrected chi connectivity index (χ2v) is 10.8. The summed E-state index contributed by atoms with van der Waals surface area (Å²) in [5.74, 6) is -2.12. The van der Waals surface area contributed by atoms with Gasteiger partial charge in [-0.1, -0.05) is 11.6 Å². The van der Waals surface area contributed by atoms with Crippen LogP contribution in [0.4, 0.5) is 5.69 Å². The Morgan fingerprint density at radius 1 is 1.00 bits per heavy atom. The number of carbonyl (C=O) groups excluding carboxylic acids is 2. The predicted octanol–water partition coefficient (Wildman–Crippen LogP) is 3.88. The van der Waals surface area contributed by atoms with E-state index in [-0.39, 0.29) is 34.4 Å². The van der Waals surface area contributed by atoms with Crippen molar-refractivity contribution in [2.45, 2.75) is 25.7 Å². The number of nitro groups is 1. The molecule has 1 N–H and O–H groups in total. The maximum absolute atomic E-state index is 13.3. The molecule has 2 heterocycles. The first-order chi connectivity index (χ1) is 16.3. The van der Waals surface area contributed by atoms with Crippen molar-refractivity contribution in [3.8, 4) is 0 Å². The van der Waals surface area contributed by atoms with Gasteiger partial charge < -0.3 is 14.9 Å². The standard InChI is InChI=1S/C23H24ClN3O6S/c24-19-15-6-5-14(27(32)33)11-16(15)34-20(19)22(29)26-9-7-25(8-10-26)21(28)17-12-1-3-13(4-2-12)18(17)23(30)31/h5-6,11-13,17-18H,1-4,7-10H2,(H,30,31)/t12?,13?,17-,18+/m0/s1. The molecule has 3 aliphatic carbocycles. The number of carbonyl (C=O) groups is 3. The fraction of sp³-hybridized carbons (Fsp3) is 0.522. The molecule has 11 heteroatoms. The minimum atomic E-state index is -0.874. The zero-order valence-corrected chi connectivity index (χ0v) is 19.9. The smallest absolute Gasteiger partial charge is 0.307 e. The molecule has 0 radical (unpaired) electrons. The highest BCUT2D eigenvalue weighted by Gasteiger charge is 2.51. The van der Waals surface area contributed by atoms with Crippen LogP contribution in [-0.2, 0) is 9.59 Å². The van der Waals surface area contributed by atoms with E-state index in [2.05, 4.69) is 0 Å². The molecule has 2 bridgehead atoms. The molecule has 6 rings (SSSR count). The first kappa shape index (κ1) is 23.0. The van der Waals surface area contributed by atoms with E-state index in [1.165, 1.54) is 12.1 Å². The summed E-state index contributed by atoms with van der Waals surface area (Å²) in [6.45, 7) is 1.35. The molecular formula is C23H24ClN3O6S. The van der Waals surface area contributed by atoms with Crippen LogP contribution in [-0.4, -0.2) is 63.8 Å². The van der Waals surface area contributed by atoms with Crippen molar-refractivity contribution in [3.63, 3.8) is 0 Å². The zero-order valence-electron chi connectivity index (χ0n) is 18.3. The average Bonchev–Trinajstić information content (AvgIpc) is 3.19. The lowest BCUT2D eigenvalue weighted by molar-refractivity contribution is -0.384. The third-order valence-electron chi connectivity index (χ3n) is 7.69. The molecule has 3 saturated carbocycles. The van der Waals surface area contributed by atoms with Gasteiger partial charge in [-0.3, -0.25) is 24.5 Å². The Kier molecular flexibility index (Phi) is 5.97. The molecular weight excluding hydrogens is 482 g/mol. The van der Waals surface area contributed by atoms with Crippen LogP contribution in [0.2, 0.25) is 5.02 Å². The van der Waals surface area contributed by atoms with E-state index >= 15 is 0 Å². The van der Waals surface area contributed by atoms with E-state index in [1.807, 2.05) is 0 Å². The maximum atomic E-state index is 13.3. The van der Waals surface area contributed by atoms with Crippen LogP contribution >= 0.6 is 22.9 Å². The molecule has 0 unspecified atom stereocenters. The predicted molar refractivity (Wildman–Crippen MR) is 126 cm³/mol. The van der Waals surface area contributed by atoms with Gasteiger partial charge in [0.25, 0.3) is 11.6 Å². The van der Waals surface area contributed by atoms with Gasteiger partial charge >= 0.3 is 5.97 Å². The average molecular weight is 506 g/mol. The number of nitro benzene ring substituents is 1. The van der Waals surface area contributed by atoms with Crippen molar-refractivity contribution in [1.82, 2.24) is 9.80 Å². The number of piperazine rings is 1. The SMILES string of the molecule is O=C(O)[C@@H]1C2CCC(CC2)[C@@H]1C(=O)N1CCN(C(=O)c2sc3cc([N+](=O)[O-])ccc3c2Cl)CC1. The summed E-state index contributed by atoms with van der Waals surface area (Å²) in [6, 6.07) is 4.33. The number of carboxylic acid groups (broad SMARTS) is 1. The number of fused-ring (bicyclic) bond motifs is 4. The van der Waals surface area contributed by atoms with Crippen molar-refractivity contribution in [1.29, 1.82) is 0 Å². The molecule has 4 fully saturated rings. The van der Waals surface area contributed by atoms with Crippen LogP contribution in [0.15, 0.2) is 18.2 Å². The molecule has 4 aliphatic rings. The first-order valence-electron chi connectivity index (χ1n) is 11.4. The normalized spacial score (nSPS) is 26.6.